The summed E-state index contributed by atoms with van der Waals surface area (Å²) in [5.41, 5.74) is 2.02. The molecule has 0 atom stereocenters. The van der Waals surface area contributed by atoms with Gasteiger partial charge >= 0.3 is 0 Å². The number of nitriles is 1. The van der Waals surface area contributed by atoms with Crippen LogP contribution in [-0.4, -0.2) is 0 Å². The molecule has 0 aliphatic heterocycles. The van der Waals surface area contributed by atoms with E-state index in [1.807, 2.05) is 30.3 Å². The molecule has 0 saturated heterocycles. The Morgan fingerprint density at radius 1 is 1.00 bits per heavy atom. The molecule has 1 N–H and O–H groups in total. The van der Waals surface area contributed by atoms with Crippen molar-refractivity contribution >= 4 is 33.7 Å². The van der Waals surface area contributed by atoms with Crippen molar-refractivity contribution < 1.29 is 4.39 Å². The van der Waals surface area contributed by atoms with Gasteiger partial charge in [-0.3, -0.25) is 0 Å². The van der Waals surface area contributed by atoms with Crippen LogP contribution in [0.15, 0.2) is 54.6 Å². The van der Waals surface area contributed by atoms with Crippen LogP contribution in [0.25, 0.3) is 10.8 Å². The molecule has 0 aliphatic carbocycles. The van der Waals surface area contributed by atoms with Gasteiger partial charge < -0.3 is 5.32 Å². The molecule has 0 bridgehead atoms. The van der Waals surface area contributed by atoms with Crippen molar-refractivity contribution in [3.63, 3.8) is 0 Å². The van der Waals surface area contributed by atoms with Crippen LogP contribution in [0, 0.1) is 17.1 Å². The molecule has 0 aliphatic rings. The van der Waals surface area contributed by atoms with E-state index in [1.165, 1.54) is 12.1 Å². The highest BCUT2D eigenvalue weighted by Crippen LogP contribution is 2.29. The van der Waals surface area contributed by atoms with Crippen molar-refractivity contribution in [2.75, 3.05) is 5.32 Å². The second-order valence-electron chi connectivity index (χ2n) is 4.57. The number of anilines is 2. The van der Waals surface area contributed by atoms with E-state index >= 15 is 0 Å². The van der Waals surface area contributed by atoms with Crippen molar-refractivity contribution in [1.29, 1.82) is 5.26 Å². The molecule has 3 rings (SSSR count). The summed E-state index contributed by atoms with van der Waals surface area (Å²) in [5, 5.41) is 14.2. The summed E-state index contributed by atoms with van der Waals surface area (Å²) in [6.07, 6.45) is 0. The summed E-state index contributed by atoms with van der Waals surface area (Å²) in [7, 11) is 0. The van der Waals surface area contributed by atoms with E-state index in [9.17, 15) is 4.39 Å². The monoisotopic (exact) mass is 296 g/mol. The highest BCUT2D eigenvalue weighted by atomic mass is 35.5. The fraction of sp³-hybridized carbons (Fsp3) is 0. The predicted molar refractivity (Wildman–Crippen MR) is 83.4 cm³/mol. The standard InChI is InChI=1S/C17H10ClFN2/c18-15-7-6-12(9-16(15)19)21-17-8-5-11(10-20)13-3-1-2-4-14(13)17/h1-9,21H. The Labute approximate surface area is 126 Å². The van der Waals surface area contributed by atoms with E-state index in [1.54, 1.807) is 12.1 Å². The third-order valence-electron chi connectivity index (χ3n) is 3.24. The quantitative estimate of drug-likeness (QED) is 0.701. The number of benzene rings is 3. The van der Waals surface area contributed by atoms with Crippen molar-refractivity contribution in [3.05, 3.63) is 71.0 Å². The van der Waals surface area contributed by atoms with Crippen LogP contribution in [0.5, 0.6) is 0 Å². The van der Waals surface area contributed by atoms with E-state index in [0.29, 0.717) is 11.3 Å². The first-order chi connectivity index (χ1) is 10.2. The van der Waals surface area contributed by atoms with Crippen LogP contribution in [0.2, 0.25) is 5.02 Å². The Morgan fingerprint density at radius 3 is 2.48 bits per heavy atom. The Balaban J connectivity index is 2.09. The summed E-state index contributed by atoms with van der Waals surface area (Å²) >= 11 is 5.68. The molecule has 21 heavy (non-hydrogen) atoms. The van der Waals surface area contributed by atoms with E-state index < -0.39 is 5.82 Å². The fourth-order valence-corrected chi connectivity index (χ4v) is 2.35. The van der Waals surface area contributed by atoms with Gasteiger partial charge in [0.2, 0.25) is 0 Å². The lowest BCUT2D eigenvalue weighted by molar-refractivity contribution is 0.629. The van der Waals surface area contributed by atoms with E-state index in [-0.39, 0.29) is 5.02 Å². The summed E-state index contributed by atoms with van der Waals surface area (Å²) in [5.74, 6) is -0.473. The highest BCUT2D eigenvalue weighted by molar-refractivity contribution is 6.30. The van der Waals surface area contributed by atoms with Crippen molar-refractivity contribution in [3.8, 4) is 6.07 Å². The minimum absolute atomic E-state index is 0.0882. The molecule has 0 amide bonds. The van der Waals surface area contributed by atoms with E-state index in [0.717, 1.165) is 16.5 Å². The molecule has 0 aromatic heterocycles. The second kappa shape index (κ2) is 5.43. The van der Waals surface area contributed by atoms with Gasteiger partial charge in [-0.1, -0.05) is 35.9 Å². The van der Waals surface area contributed by atoms with Crippen molar-refractivity contribution in [2.24, 2.45) is 0 Å². The molecule has 102 valence electrons. The zero-order valence-electron chi connectivity index (χ0n) is 10.9. The number of halogens is 2. The second-order valence-corrected chi connectivity index (χ2v) is 4.98. The van der Waals surface area contributed by atoms with Gasteiger partial charge in [-0.15, -0.1) is 0 Å². The smallest absolute Gasteiger partial charge is 0.143 e. The number of nitrogens with zero attached hydrogens (tertiary/aromatic N) is 1. The maximum Gasteiger partial charge on any atom is 0.143 e. The van der Waals surface area contributed by atoms with Gasteiger partial charge in [0.15, 0.2) is 0 Å². The summed E-state index contributed by atoms with van der Waals surface area (Å²) in [4.78, 5) is 0. The fourth-order valence-electron chi connectivity index (χ4n) is 2.23. The molecule has 4 heteroatoms. The molecule has 0 spiro atoms. The average molecular weight is 297 g/mol. The molecule has 3 aromatic rings. The summed E-state index contributed by atoms with van der Waals surface area (Å²) in [6.45, 7) is 0. The van der Waals surface area contributed by atoms with Gasteiger partial charge in [0.1, 0.15) is 5.82 Å². The maximum atomic E-state index is 13.5. The Hall–Kier alpha value is -2.57. The van der Waals surface area contributed by atoms with Gasteiger partial charge in [0, 0.05) is 22.1 Å². The Morgan fingerprint density at radius 2 is 1.76 bits per heavy atom. The average Bonchev–Trinajstić information content (AvgIpc) is 2.51. The van der Waals surface area contributed by atoms with Gasteiger partial charge in [0.25, 0.3) is 0 Å². The van der Waals surface area contributed by atoms with Gasteiger partial charge in [-0.2, -0.15) is 5.26 Å². The zero-order valence-corrected chi connectivity index (χ0v) is 11.7. The van der Waals surface area contributed by atoms with E-state index in [2.05, 4.69) is 11.4 Å². The zero-order chi connectivity index (χ0) is 14.8. The number of hydrogen-bond acceptors (Lipinski definition) is 2. The number of fused-ring (bicyclic) bond motifs is 1. The topological polar surface area (TPSA) is 35.8 Å². The molecule has 0 saturated carbocycles. The first kappa shape index (κ1) is 13.4. The Bertz CT molecular complexity index is 868. The van der Waals surface area contributed by atoms with Crippen LogP contribution in [0.4, 0.5) is 15.8 Å². The minimum atomic E-state index is -0.473. The van der Waals surface area contributed by atoms with Crippen LogP contribution in [0.3, 0.4) is 0 Å². The third kappa shape index (κ3) is 2.54. The largest absolute Gasteiger partial charge is 0.355 e. The molecule has 0 unspecified atom stereocenters. The SMILES string of the molecule is N#Cc1ccc(Nc2ccc(Cl)c(F)c2)c2ccccc12. The molecule has 0 heterocycles. The maximum absolute atomic E-state index is 13.5. The molecule has 2 nitrogen and oxygen atoms in total. The summed E-state index contributed by atoms with van der Waals surface area (Å²) in [6, 6.07) is 17.9. The van der Waals surface area contributed by atoms with Crippen LogP contribution < -0.4 is 5.32 Å². The molecule has 0 fully saturated rings. The predicted octanol–water partition coefficient (Wildman–Crippen LogP) is 5.25. The molecular weight excluding hydrogens is 287 g/mol. The molecular formula is C17H10ClFN2. The van der Waals surface area contributed by atoms with E-state index in [4.69, 9.17) is 16.9 Å². The van der Waals surface area contributed by atoms with Crippen LogP contribution in [0.1, 0.15) is 5.56 Å². The van der Waals surface area contributed by atoms with Crippen LogP contribution in [-0.2, 0) is 0 Å². The Kier molecular flexibility index (Phi) is 3.47. The number of rotatable bonds is 2. The lowest BCUT2D eigenvalue weighted by atomic mass is 10.0. The molecule has 3 aromatic carbocycles. The van der Waals surface area contributed by atoms with Crippen molar-refractivity contribution in [1.82, 2.24) is 0 Å². The third-order valence-corrected chi connectivity index (χ3v) is 3.55. The summed E-state index contributed by atoms with van der Waals surface area (Å²) < 4.78 is 13.5. The van der Waals surface area contributed by atoms with Gasteiger partial charge in [-0.05, 0) is 30.3 Å². The molecule has 0 radical (unpaired) electrons. The minimum Gasteiger partial charge on any atom is -0.355 e. The van der Waals surface area contributed by atoms with Crippen LogP contribution >= 0.6 is 11.6 Å². The number of hydrogen-bond donors (Lipinski definition) is 1. The lowest BCUT2D eigenvalue weighted by Gasteiger charge is -2.11. The lowest BCUT2D eigenvalue weighted by Crippen LogP contribution is -1.93. The van der Waals surface area contributed by atoms with Crippen molar-refractivity contribution in [2.45, 2.75) is 0 Å². The first-order valence-electron chi connectivity index (χ1n) is 6.33. The normalized spacial score (nSPS) is 10.3. The highest BCUT2D eigenvalue weighted by Gasteiger charge is 2.07. The first-order valence-corrected chi connectivity index (χ1v) is 6.71. The van der Waals surface area contributed by atoms with Gasteiger partial charge in [-0.25, -0.2) is 4.39 Å². The number of nitrogens with one attached hydrogen (secondary N) is 1. The van der Waals surface area contributed by atoms with Gasteiger partial charge in [0.05, 0.1) is 16.7 Å².